The van der Waals surface area contributed by atoms with E-state index < -0.39 is 0 Å². The number of aryl methyl sites for hydroxylation is 1. The van der Waals surface area contributed by atoms with Crippen molar-refractivity contribution >= 4 is 17.7 Å². The number of likely N-dealkylation sites (N-methyl/N-ethyl adjacent to an activating group) is 1. The fourth-order valence-corrected chi connectivity index (χ4v) is 3.54. The SMILES string of the molecule is CC(C)N(C)CCNC(=O)[C@H]1SCCc2ccccc21. The first kappa shape index (κ1) is 15.4. The maximum Gasteiger partial charge on any atom is 0.237 e. The van der Waals surface area contributed by atoms with Crippen LogP contribution in [0.25, 0.3) is 0 Å². The molecule has 1 atom stereocenters. The van der Waals surface area contributed by atoms with E-state index in [0.717, 1.165) is 18.7 Å². The summed E-state index contributed by atoms with van der Waals surface area (Å²) in [6, 6.07) is 8.82. The zero-order chi connectivity index (χ0) is 14.5. The van der Waals surface area contributed by atoms with Crippen molar-refractivity contribution in [3.63, 3.8) is 0 Å². The number of nitrogens with one attached hydrogen (secondary N) is 1. The average molecular weight is 292 g/mol. The molecule has 0 aliphatic carbocycles. The van der Waals surface area contributed by atoms with Gasteiger partial charge in [-0.1, -0.05) is 24.3 Å². The Hall–Kier alpha value is -1.00. The van der Waals surface area contributed by atoms with Crippen LogP contribution in [-0.2, 0) is 11.2 Å². The van der Waals surface area contributed by atoms with Crippen molar-refractivity contribution < 1.29 is 4.79 Å². The number of rotatable bonds is 5. The van der Waals surface area contributed by atoms with Gasteiger partial charge in [-0.05, 0) is 44.2 Å². The van der Waals surface area contributed by atoms with E-state index in [-0.39, 0.29) is 11.2 Å². The second kappa shape index (κ2) is 7.14. The van der Waals surface area contributed by atoms with Gasteiger partial charge in [-0.25, -0.2) is 0 Å². The smallest absolute Gasteiger partial charge is 0.237 e. The van der Waals surface area contributed by atoms with Crippen LogP contribution in [0.15, 0.2) is 24.3 Å². The maximum atomic E-state index is 12.4. The molecule has 2 rings (SSSR count). The number of carbonyl (C=O) groups is 1. The van der Waals surface area contributed by atoms with Gasteiger partial charge in [0.15, 0.2) is 0 Å². The Kier molecular flexibility index (Phi) is 5.49. The Bertz CT molecular complexity index is 462. The molecule has 1 amide bonds. The average Bonchev–Trinajstić information content (AvgIpc) is 2.46. The van der Waals surface area contributed by atoms with Crippen LogP contribution in [0.4, 0.5) is 0 Å². The summed E-state index contributed by atoms with van der Waals surface area (Å²) in [4.78, 5) is 14.6. The van der Waals surface area contributed by atoms with E-state index in [2.05, 4.69) is 49.3 Å². The Morgan fingerprint density at radius 2 is 2.20 bits per heavy atom. The monoisotopic (exact) mass is 292 g/mol. The maximum absolute atomic E-state index is 12.4. The van der Waals surface area contributed by atoms with E-state index in [4.69, 9.17) is 0 Å². The first-order valence-corrected chi connectivity index (χ1v) is 8.32. The molecule has 110 valence electrons. The summed E-state index contributed by atoms with van der Waals surface area (Å²) in [5.74, 6) is 1.18. The Morgan fingerprint density at radius 3 is 2.95 bits per heavy atom. The fourth-order valence-electron chi connectivity index (χ4n) is 2.32. The van der Waals surface area contributed by atoms with Gasteiger partial charge >= 0.3 is 0 Å². The highest BCUT2D eigenvalue weighted by molar-refractivity contribution is 8.00. The zero-order valence-corrected chi connectivity index (χ0v) is 13.4. The molecule has 0 radical (unpaired) electrons. The van der Waals surface area contributed by atoms with Crippen molar-refractivity contribution in [2.24, 2.45) is 0 Å². The fraction of sp³-hybridized carbons (Fsp3) is 0.562. The van der Waals surface area contributed by atoms with Crippen LogP contribution in [0, 0.1) is 0 Å². The molecule has 1 heterocycles. The molecule has 0 saturated heterocycles. The van der Waals surface area contributed by atoms with E-state index in [1.54, 1.807) is 11.8 Å². The van der Waals surface area contributed by atoms with Gasteiger partial charge in [-0.2, -0.15) is 0 Å². The summed E-state index contributed by atoms with van der Waals surface area (Å²) in [6.45, 7) is 5.93. The molecule has 1 aliphatic heterocycles. The lowest BCUT2D eigenvalue weighted by atomic mass is 10.0. The summed E-state index contributed by atoms with van der Waals surface area (Å²) in [5, 5.41) is 3.04. The molecule has 1 aliphatic rings. The van der Waals surface area contributed by atoms with E-state index in [1.807, 2.05) is 6.07 Å². The van der Waals surface area contributed by atoms with Gasteiger partial charge in [0, 0.05) is 19.1 Å². The molecule has 1 aromatic rings. The predicted molar refractivity (Wildman–Crippen MR) is 86.1 cm³/mol. The number of benzene rings is 1. The van der Waals surface area contributed by atoms with E-state index in [9.17, 15) is 4.79 Å². The van der Waals surface area contributed by atoms with E-state index >= 15 is 0 Å². The summed E-state index contributed by atoms with van der Waals surface area (Å²) in [6.07, 6.45) is 1.07. The highest BCUT2D eigenvalue weighted by Crippen LogP contribution is 2.36. The van der Waals surface area contributed by atoms with Gasteiger partial charge in [0.25, 0.3) is 0 Å². The van der Waals surface area contributed by atoms with Crippen LogP contribution < -0.4 is 5.32 Å². The number of fused-ring (bicyclic) bond motifs is 1. The third-order valence-electron chi connectivity index (χ3n) is 3.88. The van der Waals surface area contributed by atoms with Crippen LogP contribution in [0.2, 0.25) is 0 Å². The molecule has 0 bridgehead atoms. The van der Waals surface area contributed by atoms with Crippen molar-refractivity contribution in [2.75, 3.05) is 25.9 Å². The number of hydrogen-bond acceptors (Lipinski definition) is 3. The van der Waals surface area contributed by atoms with Crippen LogP contribution >= 0.6 is 11.8 Å². The molecule has 0 fully saturated rings. The Balaban J connectivity index is 1.91. The minimum Gasteiger partial charge on any atom is -0.354 e. The number of carbonyl (C=O) groups excluding carboxylic acids is 1. The lowest BCUT2D eigenvalue weighted by Gasteiger charge is -2.25. The van der Waals surface area contributed by atoms with Crippen LogP contribution in [0.5, 0.6) is 0 Å². The van der Waals surface area contributed by atoms with Crippen molar-refractivity contribution in [1.29, 1.82) is 0 Å². The van der Waals surface area contributed by atoms with Crippen molar-refractivity contribution in [2.45, 2.75) is 31.6 Å². The standard InChI is InChI=1S/C16H24N2OS/c1-12(2)18(3)10-9-17-16(19)15-14-7-5-4-6-13(14)8-11-20-15/h4-7,12,15H,8-11H2,1-3H3,(H,17,19)/t15-/m0/s1. The molecule has 0 aromatic heterocycles. The van der Waals surface area contributed by atoms with Crippen LogP contribution in [-0.4, -0.2) is 42.7 Å². The third-order valence-corrected chi connectivity index (χ3v) is 5.12. The van der Waals surface area contributed by atoms with Gasteiger partial charge < -0.3 is 10.2 Å². The van der Waals surface area contributed by atoms with Crippen LogP contribution in [0.1, 0.15) is 30.2 Å². The van der Waals surface area contributed by atoms with Crippen LogP contribution in [0.3, 0.4) is 0 Å². The second-order valence-corrected chi connectivity index (χ2v) is 6.78. The Labute approximate surface area is 126 Å². The topological polar surface area (TPSA) is 32.3 Å². The molecule has 0 unspecified atom stereocenters. The van der Waals surface area contributed by atoms with Gasteiger partial charge in [0.2, 0.25) is 5.91 Å². The van der Waals surface area contributed by atoms with Gasteiger partial charge in [-0.3, -0.25) is 4.79 Å². The molecule has 0 spiro atoms. The molecular formula is C16H24N2OS. The molecule has 0 saturated carbocycles. The zero-order valence-electron chi connectivity index (χ0n) is 12.6. The molecule has 1 aromatic carbocycles. The van der Waals surface area contributed by atoms with Gasteiger partial charge in [0.05, 0.1) is 0 Å². The van der Waals surface area contributed by atoms with E-state index in [1.165, 1.54) is 11.1 Å². The quantitative estimate of drug-likeness (QED) is 0.905. The highest BCUT2D eigenvalue weighted by atomic mass is 32.2. The highest BCUT2D eigenvalue weighted by Gasteiger charge is 2.26. The summed E-state index contributed by atoms with van der Waals surface area (Å²) in [5.41, 5.74) is 2.52. The van der Waals surface area contributed by atoms with Gasteiger partial charge in [-0.15, -0.1) is 11.8 Å². The predicted octanol–water partition coefficient (Wildman–Crippen LogP) is 2.47. The molecule has 20 heavy (non-hydrogen) atoms. The number of thioether (sulfide) groups is 1. The number of hydrogen-bond donors (Lipinski definition) is 1. The normalized spacial score (nSPS) is 18.1. The minimum absolute atomic E-state index is 0.0377. The first-order valence-electron chi connectivity index (χ1n) is 7.27. The summed E-state index contributed by atoms with van der Waals surface area (Å²) in [7, 11) is 2.08. The lowest BCUT2D eigenvalue weighted by Crippen LogP contribution is -2.38. The summed E-state index contributed by atoms with van der Waals surface area (Å²) < 4.78 is 0. The van der Waals surface area contributed by atoms with Crippen molar-refractivity contribution in [3.8, 4) is 0 Å². The Morgan fingerprint density at radius 1 is 1.45 bits per heavy atom. The third kappa shape index (κ3) is 3.76. The summed E-state index contributed by atoms with van der Waals surface area (Å²) >= 11 is 1.75. The number of amides is 1. The lowest BCUT2D eigenvalue weighted by molar-refractivity contribution is -0.120. The molecule has 1 N–H and O–H groups in total. The number of nitrogens with zero attached hydrogens (tertiary/aromatic N) is 1. The molecule has 3 nitrogen and oxygen atoms in total. The van der Waals surface area contributed by atoms with Crippen molar-refractivity contribution in [3.05, 3.63) is 35.4 Å². The molecule has 4 heteroatoms. The van der Waals surface area contributed by atoms with E-state index in [0.29, 0.717) is 12.6 Å². The van der Waals surface area contributed by atoms with Crippen molar-refractivity contribution in [1.82, 2.24) is 10.2 Å². The first-order chi connectivity index (χ1) is 9.59. The minimum atomic E-state index is -0.0377. The molecular weight excluding hydrogens is 268 g/mol. The van der Waals surface area contributed by atoms with Gasteiger partial charge in [0.1, 0.15) is 5.25 Å². The largest absolute Gasteiger partial charge is 0.354 e. The second-order valence-electron chi connectivity index (χ2n) is 5.57.